The number of esters is 1. The summed E-state index contributed by atoms with van der Waals surface area (Å²) in [5.41, 5.74) is -0.280. The van der Waals surface area contributed by atoms with Gasteiger partial charge in [-0.15, -0.1) is 0 Å². The molecular weight excluding hydrogens is 425 g/mol. The third kappa shape index (κ3) is 4.49. The summed E-state index contributed by atoms with van der Waals surface area (Å²) in [5.74, 6) is -1.98. The van der Waals surface area contributed by atoms with Gasteiger partial charge in [0.05, 0.1) is 21.7 Å². The molecule has 150 valence electrons. The van der Waals surface area contributed by atoms with Crippen LogP contribution in [0.4, 0.5) is 10.1 Å². The predicted molar refractivity (Wildman–Crippen MR) is 104 cm³/mol. The third-order valence-corrected chi connectivity index (χ3v) is 5.10. The van der Waals surface area contributed by atoms with E-state index in [0.717, 1.165) is 23.5 Å². The van der Waals surface area contributed by atoms with Gasteiger partial charge in [0.2, 0.25) is 0 Å². The number of carbonyl (C=O) groups is 2. The molecule has 11 heteroatoms. The van der Waals surface area contributed by atoms with Gasteiger partial charge in [0.1, 0.15) is 17.9 Å². The molecule has 2 aromatic carbocycles. The molecule has 0 radical (unpaired) electrons. The van der Waals surface area contributed by atoms with Crippen LogP contribution >= 0.6 is 22.9 Å². The fraction of sp³-hybridized carbons (Fsp3) is 0.167. The van der Waals surface area contributed by atoms with Gasteiger partial charge in [0.25, 0.3) is 11.6 Å². The lowest BCUT2D eigenvalue weighted by Gasteiger charge is -2.05. The Labute approximate surface area is 172 Å². The van der Waals surface area contributed by atoms with E-state index in [4.69, 9.17) is 16.3 Å². The first kappa shape index (κ1) is 20.6. The lowest BCUT2D eigenvalue weighted by atomic mass is 10.2. The van der Waals surface area contributed by atoms with Gasteiger partial charge in [0, 0.05) is 11.1 Å². The van der Waals surface area contributed by atoms with Gasteiger partial charge >= 0.3 is 5.97 Å². The molecule has 0 fully saturated rings. The maximum atomic E-state index is 13.6. The van der Waals surface area contributed by atoms with Crippen molar-refractivity contribution in [2.24, 2.45) is 4.99 Å². The van der Waals surface area contributed by atoms with Crippen LogP contribution in [0.15, 0.2) is 41.4 Å². The van der Waals surface area contributed by atoms with Gasteiger partial charge in [-0.2, -0.15) is 4.99 Å². The number of nitro groups is 1. The largest absolute Gasteiger partial charge is 0.465 e. The first-order valence-electron chi connectivity index (χ1n) is 8.27. The van der Waals surface area contributed by atoms with Crippen molar-refractivity contribution in [3.05, 3.63) is 67.7 Å². The molecule has 0 aliphatic heterocycles. The minimum absolute atomic E-state index is 0.0675. The highest BCUT2D eigenvalue weighted by Gasteiger charge is 2.21. The van der Waals surface area contributed by atoms with Crippen LogP contribution in [-0.4, -0.2) is 28.0 Å². The average Bonchev–Trinajstić information content (AvgIpc) is 2.97. The van der Waals surface area contributed by atoms with E-state index < -0.39 is 28.3 Å². The standard InChI is InChI=1S/C18H13ClFN3O5S/c1-2-28-16(24)9-22-14-6-4-11(20)8-15(14)29-18(22)21-17(25)12-7-10(19)3-5-13(12)23(26)27/h3-8H,2,9H2,1H3. The molecule has 0 atom stereocenters. The molecule has 0 saturated carbocycles. The summed E-state index contributed by atoms with van der Waals surface area (Å²) in [4.78, 5) is 39.2. The van der Waals surface area contributed by atoms with Crippen LogP contribution in [0, 0.1) is 15.9 Å². The van der Waals surface area contributed by atoms with Crippen LogP contribution in [0.3, 0.4) is 0 Å². The topological polar surface area (TPSA) is 104 Å². The molecule has 0 saturated heterocycles. The normalized spacial score (nSPS) is 11.6. The van der Waals surface area contributed by atoms with Crippen molar-refractivity contribution < 1.29 is 23.6 Å². The second-order valence-corrected chi connectivity index (χ2v) is 7.17. The van der Waals surface area contributed by atoms with E-state index in [1.807, 2.05) is 0 Å². The van der Waals surface area contributed by atoms with Crippen molar-refractivity contribution in [3.63, 3.8) is 0 Å². The number of hydrogen-bond donors (Lipinski definition) is 0. The van der Waals surface area contributed by atoms with Crippen LogP contribution in [-0.2, 0) is 16.1 Å². The zero-order valence-corrected chi connectivity index (χ0v) is 16.5. The highest BCUT2D eigenvalue weighted by molar-refractivity contribution is 7.16. The molecule has 0 aliphatic rings. The summed E-state index contributed by atoms with van der Waals surface area (Å²) in [6.45, 7) is 1.55. The lowest BCUT2D eigenvalue weighted by Crippen LogP contribution is -2.23. The summed E-state index contributed by atoms with van der Waals surface area (Å²) >= 11 is 6.83. The Morgan fingerprint density at radius 3 is 2.76 bits per heavy atom. The van der Waals surface area contributed by atoms with Gasteiger partial charge in [-0.25, -0.2) is 4.39 Å². The maximum Gasteiger partial charge on any atom is 0.326 e. The fourth-order valence-electron chi connectivity index (χ4n) is 2.61. The van der Waals surface area contributed by atoms with Gasteiger partial charge in [-0.05, 0) is 37.3 Å². The Balaban J connectivity index is 2.17. The molecule has 0 unspecified atom stereocenters. The highest BCUT2D eigenvalue weighted by atomic mass is 35.5. The monoisotopic (exact) mass is 437 g/mol. The minimum Gasteiger partial charge on any atom is -0.465 e. The molecule has 0 N–H and O–H groups in total. The van der Waals surface area contributed by atoms with Crippen molar-refractivity contribution in [2.75, 3.05) is 6.61 Å². The smallest absolute Gasteiger partial charge is 0.326 e. The van der Waals surface area contributed by atoms with Crippen LogP contribution in [0.1, 0.15) is 17.3 Å². The van der Waals surface area contributed by atoms with Gasteiger partial charge in [-0.1, -0.05) is 22.9 Å². The molecule has 8 nitrogen and oxygen atoms in total. The predicted octanol–water partition coefficient (Wildman–Crippen LogP) is 3.71. The molecule has 29 heavy (non-hydrogen) atoms. The summed E-state index contributed by atoms with van der Waals surface area (Å²) < 4.78 is 20.4. The minimum atomic E-state index is -0.913. The molecule has 0 spiro atoms. The van der Waals surface area contributed by atoms with E-state index in [1.165, 1.54) is 28.8 Å². The van der Waals surface area contributed by atoms with Crippen molar-refractivity contribution in [1.29, 1.82) is 0 Å². The Hall–Kier alpha value is -3.11. The second kappa shape index (κ2) is 8.50. The number of carbonyl (C=O) groups excluding carboxylic acids is 2. The number of nitro benzene ring substituents is 1. The van der Waals surface area contributed by atoms with Gasteiger partial charge in [0.15, 0.2) is 4.80 Å². The van der Waals surface area contributed by atoms with E-state index in [9.17, 15) is 24.1 Å². The van der Waals surface area contributed by atoms with E-state index >= 15 is 0 Å². The van der Waals surface area contributed by atoms with Crippen LogP contribution in [0.5, 0.6) is 0 Å². The quantitative estimate of drug-likeness (QED) is 0.344. The Morgan fingerprint density at radius 2 is 2.07 bits per heavy atom. The van der Waals surface area contributed by atoms with E-state index in [2.05, 4.69) is 4.99 Å². The maximum absolute atomic E-state index is 13.6. The fourth-order valence-corrected chi connectivity index (χ4v) is 3.83. The number of rotatable bonds is 5. The van der Waals surface area contributed by atoms with Crippen LogP contribution in [0.2, 0.25) is 5.02 Å². The first-order chi connectivity index (χ1) is 13.8. The van der Waals surface area contributed by atoms with E-state index in [1.54, 1.807) is 6.92 Å². The molecule has 0 bridgehead atoms. The van der Waals surface area contributed by atoms with Crippen molar-refractivity contribution in [1.82, 2.24) is 4.57 Å². The number of nitrogens with zero attached hydrogens (tertiary/aromatic N) is 3. The lowest BCUT2D eigenvalue weighted by molar-refractivity contribution is -0.385. The number of halogens is 2. The first-order valence-corrected chi connectivity index (χ1v) is 9.47. The summed E-state index contributed by atoms with van der Waals surface area (Å²) in [7, 11) is 0. The third-order valence-electron chi connectivity index (χ3n) is 3.82. The number of aromatic nitrogens is 1. The highest BCUT2D eigenvalue weighted by Crippen LogP contribution is 2.24. The summed E-state index contributed by atoms with van der Waals surface area (Å²) in [5, 5.41) is 11.3. The van der Waals surface area contributed by atoms with Crippen LogP contribution in [0.25, 0.3) is 10.2 Å². The number of hydrogen-bond acceptors (Lipinski definition) is 6. The second-order valence-electron chi connectivity index (χ2n) is 5.72. The molecule has 1 amide bonds. The average molecular weight is 438 g/mol. The Morgan fingerprint density at radius 1 is 1.31 bits per heavy atom. The molecular formula is C18H13ClFN3O5S. The summed E-state index contributed by atoms with van der Waals surface area (Å²) in [6, 6.07) is 7.45. The Kier molecular flexibility index (Phi) is 6.04. The summed E-state index contributed by atoms with van der Waals surface area (Å²) in [6.07, 6.45) is 0. The number of thiazole rings is 1. The molecule has 3 rings (SSSR count). The van der Waals surface area contributed by atoms with Crippen molar-refractivity contribution in [2.45, 2.75) is 13.5 Å². The SMILES string of the molecule is CCOC(=O)Cn1c(=NC(=O)c2cc(Cl)ccc2[N+](=O)[O-])sc2cc(F)ccc21. The zero-order valence-electron chi connectivity index (χ0n) is 14.9. The van der Waals surface area contributed by atoms with Gasteiger partial charge in [-0.3, -0.25) is 19.7 Å². The number of benzene rings is 2. The molecule has 1 aromatic heterocycles. The number of ether oxygens (including phenoxy) is 1. The van der Waals surface area contributed by atoms with Crippen molar-refractivity contribution in [3.8, 4) is 0 Å². The van der Waals surface area contributed by atoms with Gasteiger partial charge < -0.3 is 9.30 Å². The molecule has 1 heterocycles. The molecule has 0 aliphatic carbocycles. The van der Waals surface area contributed by atoms with E-state index in [0.29, 0.717) is 10.2 Å². The number of amides is 1. The zero-order chi connectivity index (χ0) is 21.1. The number of fused-ring (bicyclic) bond motifs is 1. The Bertz CT molecular complexity index is 1200. The van der Waals surface area contributed by atoms with Crippen molar-refractivity contribution >= 4 is 50.7 Å². The van der Waals surface area contributed by atoms with Crippen LogP contribution < -0.4 is 4.80 Å². The molecule has 3 aromatic rings. The van der Waals surface area contributed by atoms with E-state index in [-0.39, 0.29) is 28.5 Å².